The molecule has 1 saturated carbocycles. The van der Waals surface area contributed by atoms with Gasteiger partial charge in [-0.1, -0.05) is 50.6 Å². The van der Waals surface area contributed by atoms with Crippen LogP contribution in [0.25, 0.3) is 0 Å². The molecule has 2 rings (SSSR count). The Hall–Kier alpha value is -1.06. The van der Waals surface area contributed by atoms with Crippen LogP contribution in [0.2, 0.25) is 0 Å². The van der Waals surface area contributed by atoms with Crippen molar-refractivity contribution in [1.82, 2.24) is 5.32 Å². The second kappa shape index (κ2) is 8.54. The number of nitrogens with two attached hydrogens (primary N) is 1. The number of rotatable bonds is 7. The molecule has 0 bridgehead atoms. The van der Waals surface area contributed by atoms with Crippen molar-refractivity contribution in [3.05, 3.63) is 35.9 Å². The van der Waals surface area contributed by atoms with E-state index in [-0.39, 0.29) is 29.8 Å². The predicted molar refractivity (Wildman–Crippen MR) is 94.1 cm³/mol. The highest BCUT2D eigenvalue weighted by molar-refractivity contribution is 5.85. The zero-order chi connectivity index (χ0) is 15.3. The Morgan fingerprint density at radius 2 is 1.91 bits per heavy atom. The number of hydrogen-bond donors (Lipinski definition) is 2. The lowest BCUT2D eigenvalue weighted by molar-refractivity contribution is -0.123. The summed E-state index contributed by atoms with van der Waals surface area (Å²) in [5.41, 5.74) is 7.55. The minimum atomic E-state index is -0.376. The standard InChI is InChI=1S/C18H28N2O.ClH/c1-14(2)11-16(19)17(21)20-13-18(9-6-10-18)12-15-7-4-3-5-8-15;/h3-5,7-8,14,16H,6,9-13,19H2,1-2H3,(H,20,21);1H/t16-;/m0./s1. The molecule has 4 heteroatoms. The van der Waals surface area contributed by atoms with E-state index in [4.69, 9.17) is 5.73 Å². The molecule has 0 aromatic heterocycles. The van der Waals surface area contributed by atoms with E-state index in [0.29, 0.717) is 5.92 Å². The van der Waals surface area contributed by atoms with E-state index >= 15 is 0 Å². The molecule has 1 aliphatic rings. The van der Waals surface area contributed by atoms with Crippen molar-refractivity contribution in [3.8, 4) is 0 Å². The second-order valence-corrected chi connectivity index (χ2v) is 6.97. The van der Waals surface area contributed by atoms with Crippen molar-refractivity contribution < 1.29 is 4.79 Å². The number of benzene rings is 1. The van der Waals surface area contributed by atoms with E-state index in [1.165, 1.54) is 24.8 Å². The van der Waals surface area contributed by atoms with Crippen LogP contribution in [0.4, 0.5) is 0 Å². The average Bonchev–Trinajstić information content (AvgIpc) is 2.41. The molecule has 0 unspecified atom stereocenters. The summed E-state index contributed by atoms with van der Waals surface area (Å²) in [6.45, 7) is 4.94. The fourth-order valence-electron chi connectivity index (χ4n) is 3.14. The number of halogens is 1. The summed E-state index contributed by atoms with van der Waals surface area (Å²) in [6.07, 6.45) is 5.45. The molecule has 1 fully saturated rings. The van der Waals surface area contributed by atoms with Crippen LogP contribution in [0.5, 0.6) is 0 Å². The van der Waals surface area contributed by atoms with Gasteiger partial charge in [-0.05, 0) is 42.6 Å². The fraction of sp³-hybridized carbons (Fsp3) is 0.611. The molecule has 0 radical (unpaired) electrons. The zero-order valence-electron chi connectivity index (χ0n) is 13.7. The Labute approximate surface area is 140 Å². The zero-order valence-corrected chi connectivity index (χ0v) is 14.5. The first-order valence-electron chi connectivity index (χ1n) is 8.08. The van der Waals surface area contributed by atoms with Crippen LogP contribution >= 0.6 is 12.4 Å². The molecule has 1 aromatic rings. The van der Waals surface area contributed by atoms with Crippen LogP contribution in [-0.2, 0) is 11.2 Å². The third-order valence-electron chi connectivity index (χ3n) is 4.54. The first-order valence-corrected chi connectivity index (χ1v) is 8.08. The van der Waals surface area contributed by atoms with E-state index in [0.717, 1.165) is 19.4 Å². The van der Waals surface area contributed by atoms with E-state index in [2.05, 4.69) is 43.4 Å². The molecule has 0 spiro atoms. The molecule has 0 heterocycles. The van der Waals surface area contributed by atoms with Gasteiger partial charge in [0.1, 0.15) is 0 Å². The van der Waals surface area contributed by atoms with Gasteiger partial charge in [0.2, 0.25) is 5.91 Å². The molecule has 0 saturated heterocycles. The maximum Gasteiger partial charge on any atom is 0.236 e. The van der Waals surface area contributed by atoms with Gasteiger partial charge in [0, 0.05) is 6.54 Å². The number of nitrogens with one attached hydrogen (secondary N) is 1. The molecule has 3 N–H and O–H groups in total. The lowest BCUT2D eigenvalue weighted by Gasteiger charge is -2.42. The first kappa shape index (κ1) is 19.0. The summed E-state index contributed by atoms with van der Waals surface area (Å²) >= 11 is 0. The van der Waals surface area contributed by atoms with E-state index in [1.54, 1.807) is 0 Å². The van der Waals surface area contributed by atoms with Crippen LogP contribution in [0.3, 0.4) is 0 Å². The number of amides is 1. The van der Waals surface area contributed by atoms with E-state index < -0.39 is 0 Å². The summed E-state index contributed by atoms with van der Waals surface area (Å²) in [7, 11) is 0. The van der Waals surface area contributed by atoms with Crippen molar-refractivity contribution >= 4 is 18.3 Å². The van der Waals surface area contributed by atoms with Crippen LogP contribution in [-0.4, -0.2) is 18.5 Å². The highest BCUT2D eigenvalue weighted by Crippen LogP contribution is 2.43. The molecular formula is C18H29ClN2O. The minimum absolute atomic E-state index is 0. The summed E-state index contributed by atoms with van der Waals surface area (Å²) < 4.78 is 0. The van der Waals surface area contributed by atoms with Crippen molar-refractivity contribution in [3.63, 3.8) is 0 Å². The van der Waals surface area contributed by atoms with E-state index in [1.807, 2.05) is 6.07 Å². The van der Waals surface area contributed by atoms with Crippen molar-refractivity contribution in [1.29, 1.82) is 0 Å². The third kappa shape index (κ3) is 5.29. The Morgan fingerprint density at radius 3 is 2.41 bits per heavy atom. The molecule has 1 aliphatic carbocycles. The smallest absolute Gasteiger partial charge is 0.236 e. The number of carbonyl (C=O) groups excluding carboxylic acids is 1. The monoisotopic (exact) mass is 324 g/mol. The van der Waals surface area contributed by atoms with E-state index in [9.17, 15) is 4.79 Å². The van der Waals surface area contributed by atoms with Gasteiger partial charge in [-0.25, -0.2) is 0 Å². The average molecular weight is 325 g/mol. The molecule has 1 amide bonds. The highest BCUT2D eigenvalue weighted by atomic mass is 35.5. The summed E-state index contributed by atoms with van der Waals surface area (Å²) in [5.74, 6) is 0.454. The van der Waals surface area contributed by atoms with Gasteiger partial charge >= 0.3 is 0 Å². The summed E-state index contributed by atoms with van der Waals surface area (Å²) in [5, 5.41) is 3.09. The molecule has 124 valence electrons. The fourth-order valence-corrected chi connectivity index (χ4v) is 3.14. The van der Waals surface area contributed by atoms with Crippen molar-refractivity contribution in [2.75, 3.05) is 6.54 Å². The lowest BCUT2D eigenvalue weighted by Crippen LogP contribution is -2.48. The molecule has 22 heavy (non-hydrogen) atoms. The number of hydrogen-bond acceptors (Lipinski definition) is 2. The van der Waals surface area contributed by atoms with Gasteiger partial charge in [-0.15, -0.1) is 12.4 Å². The van der Waals surface area contributed by atoms with Crippen LogP contribution in [0.1, 0.15) is 45.1 Å². The van der Waals surface area contributed by atoms with Gasteiger partial charge in [-0.3, -0.25) is 4.79 Å². The van der Waals surface area contributed by atoms with Gasteiger partial charge in [-0.2, -0.15) is 0 Å². The lowest BCUT2D eigenvalue weighted by atomic mass is 9.65. The van der Waals surface area contributed by atoms with Crippen LogP contribution < -0.4 is 11.1 Å². The Bertz CT molecular complexity index is 457. The van der Waals surface area contributed by atoms with Crippen molar-refractivity contribution in [2.45, 2.75) is 52.0 Å². The number of carbonyl (C=O) groups is 1. The van der Waals surface area contributed by atoms with Crippen LogP contribution in [0, 0.1) is 11.3 Å². The van der Waals surface area contributed by atoms with Crippen molar-refractivity contribution in [2.24, 2.45) is 17.1 Å². The molecule has 0 aliphatic heterocycles. The maximum absolute atomic E-state index is 12.1. The maximum atomic E-state index is 12.1. The summed E-state index contributed by atoms with van der Waals surface area (Å²) in [4.78, 5) is 12.1. The molecule has 1 atom stereocenters. The minimum Gasteiger partial charge on any atom is -0.354 e. The van der Waals surface area contributed by atoms with Gasteiger partial charge in [0.05, 0.1) is 6.04 Å². The third-order valence-corrected chi connectivity index (χ3v) is 4.54. The second-order valence-electron chi connectivity index (χ2n) is 6.97. The van der Waals surface area contributed by atoms with Crippen LogP contribution in [0.15, 0.2) is 30.3 Å². The van der Waals surface area contributed by atoms with Gasteiger partial charge in [0.25, 0.3) is 0 Å². The first-order chi connectivity index (χ1) is 10.0. The largest absolute Gasteiger partial charge is 0.354 e. The Kier molecular flexibility index (Phi) is 7.37. The highest BCUT2D eigenvalue weighted by Gasteiger charge is 2.37. The normalized spacial score (nSPS) is 17.3. The predicted octanol–water partition coefficient (Wildman–Crippen LogP) is 3.31. The Morgan fingerprint density at radius 1 is 1.27 bits per heavy atom. The molecule has 1 aromatic carbocycles. The van der Waals surface area contributed by atoms with Gasteiger partial charge in [0.15, 0.2) is 0 Å². The van der Waals surface area contributed by atoms with Gasteiger partial charge < -0.3 is 11.1 Å². The quantitative estimate of drug-likeness (QED) is 0.808. The summed E-state index contributed by atoms with van der Waals surface area (Å²) in [6, 6.07) is 10.2. The Balaban J connectivity index is 0.00000242. The topological polar surface area (TPSA) is 55.1 Å². The molecular weight excluding hydrogens is 296 g/mol. The molecule has 3 nitrogen and oxygen atoms in total. The SMILES string of the molecule is CC(C)C[C@H](N)C(=O)NCC1(Cc2ccccc2)CCC1.Cl.